The van der Waals surface area contributed by atoms with Gasteiger partial charge >= 0.3 is 5.97 Å². The first-order valence-corrected chi connectivity index (χ1v) is 15.9. The summed E-state index contributed by atoms with van der Waals surface area (Å²) in [6.45, 7) is 2.26. The fraction of sp³-hybridized carbons (Fsp3) is 0.162. The van der Waals surface area contributed by atoms with E-state index >= 15 is 0 Å². The molecule has 0 aliphatic rings. The first-order valence-electron chi connectivity index (χ1n) is 15.9. The number of esters is 1. The molecule has 0 unspecified atom stereocenters. The van der Waals surface area contributed by atoms with Crippen molar-refractivity contribution in [3.8, 4) is 40.0 Å². The number of para-hydroxylation sites is 2. The number of carbonyl (C=O) groups excluding carboxylic acids is 1. The van der Waals surface area contributed by atoms with Gasteiger partial charge in [0, 0.05) is 37.2 Å². The van der Waals surface area contributed by atoms with Gasteiger partial charge in [0.05, 0.1) is 34.5 Å². The number of aromatic hydroxyl groups is 2. The summed E-state index contributed by atoms with van der Waals surface area (Å²) >= 11 is 0. The number of aryl methyl sites for hydroxylation is 1. The van der Waals surface area contributed by atoms with E-state index < -0.39 is 5.97 Å². The van der Waals surface area contributed by atoms with Gasteiger partial charge in [0.15, 0.2) is 0 Å². The Bertz CT molecular complexity index is 2500. The van der Waals surface area contributed by atoms with E-state index in [0.717, 1.165) is 0 Å². The summed E-state index contributed by atoms with van der Waals surface area (Å²) in [5, 5.41) is 29.8. The third-order valence-electron chi connectivity index (χ3n) is 8.16. The fourth-order valence-electron chi connectivity index (χ4n) is 5.95. The summed E-state index contributed by atoms with van der Waals surface area (Å²) in [5.74, 6) is 0.322. The van der Waals surface area contributed by atoms with Gasteiger partial charge in [-0.3, -0.25) is 28.2 Å². The number of carbonyl (C=O) groups is 1. The smallest absolute Gasteiger partial charge is 0.308 e. The molecule has 2 N–H and O–H groups in total. The number of hydrogen-bond acceptors (Lipinski definition) is 10. The zero-order valence-electron chi connectivity index (χ0n) is 26.9. The third-order valence-corrected chi connectivity index (χ3v) is 8.16. The maximum Gasteiger partial charge on any atom is 0.308 e. The Morgan fingerprint density at radius 1 is 0.720 bits per heavy atom. The number of hydrogen-bond donors (Lipinski definition) is 2. The summed E-state index contributed by atoms with van der Waals surface area (Å²) in [6.07, 6.45) is 3.02. The van der Waals surface area contributed by atoms with Crippen molar-refractivity contribution in [1.29, 1.82) is 0 Å². The van der Waals surface area contributed by atoms with Crippen LogP contribution < -0.4 is 15.9 Å². The van der Waals surface area contributed by atoms with Gasteiger partial charge in [0.1, 0.15) is 34.6 Å². The fourth-order valence-corrected chi connectivity index (χ4v) is 5.95. The number of aromatic nitrogens is 7. The normalized spacial score (nSPS) is 11.3. The molecule has 0 radical (unpaired) electrons. The molecule has 3 heterocycles. The molecule has 7 rings (SSSR count). The molecule has 0 spiro atoms. The second kappa shape index (κ2) is 13.5. The van der Waals surface area contributed by atoms with Crippen LogP contribution in [-0.2, 0) is 24.4 Å². The highest BCUT2D eigenvalue weighted by atomic mass is 16.5. The Morgan fingerprint density at radius 3 is 2.02 bits per heavy atom. The second-order valence-corrected chi connectivity index (χ2v) is 11.8. The number of fused-ring (bicyclic) bond motifs is 2. The molecule has 3 aromatic heterocycles. The monoisotopic (exact) mass is 669 g/mol. The lowest BCUT2D eigenvalue weighted by molar-refractivity contribution is -0.131. The number of phenols is 2. The van der Waals surface area contributed by atoms with Crippen molar-refractivity contribution in [1.82, 2.24) is 34.1 Å². The number of ether oxygens (including phenoxy) is 1. The zero-order valence-corrected chi connectivity index (χ0v) is 26.9. The molecule has 0 atom stereocenters. The molecule has 7 aromatic rings. The van der Waals surface area contributed by atoms with Crippen LogP contribution in [0.1, 0.15) is 25.5 Å². The standard InChI is InChI=1S/C37H31N7O6/c1-23(45)50-29-10-8-9-24(19-29)34-38-32-13-4-2-11-30(32)36(48)43(34)16-7-6-15-42-21-26(40-41-42)22-44-35(25-17-27(46)20-28(47)18-25)39-33-14-5-3-12-31(33)37(44)49/h2-5,8-14,17-21,46-47H,6-7,15-16,22H2,1H3. The van der Waals surface area contributed by atoms with E-state index in [9.17, 15) is 24.6 Å². The highest BCUT2D eigenvalue weighted by molar-refractivity contribution is 5.81. The lowest BCUT2D eigenvalue weighted by Crippen LogP contribution is -2.24. The summed E-state index contributed by atoms with van der Waals surface area (Å²) in [6, 6.07) is 25.2. The number of nitrogens with zero attached hydrogens (tertiary/aromatic N) is 7. The minimum Gasteiger partial charge on any atom is -0.508 e. The first-order chi connectivity index (χ1) is 24.2. The largest absolute Gasteiger partial charge is 0.508 e. The molecule has 0 fully saturated rings. The quantitative estimate of drug-likeness (QED) is 0.116. The maximum atomic E-state index is 13.7. The molecule has 4 aromatic carbocycles. The topological polar surface area (TPSA) is 167 Å². The maximum absolute atomic E-state index is 13.7. The van der Waals surface area contributed by atoms with Crippen molar-refractivity contribution < 1.29 is 19.7 Å². The molecular formula is C37H31N7O6. The molecular weight excluding hydrogens is 638 g/mol. The van der Waals surface area contributed by atoms with E-state index in [0.29, 0.717) is 76.1 Å². The molecule has 0 saturated heterocycles. The van der Waals surface area contributed by atoms with Gasteiger partial charge in [-0.2, -0.15) is 0 Å². The average Bonchev–Trinajstić information content (AvgIpc) is 3.55. The van der Waals surface area contributed by atoms with Crippen LogP contribution in [0.15, 0.2) is 107 Å². The summed E-state index contributed by atoms with van der Waals surface area (Å²) in [7, 11) is 0. The Hall–Kier alpha value is -6.63. The molecule has 0 saturated carbocycles. The number of benzene rings is 4. The molecule has 13 nitrogen and oxygen atoms in total. The van der Waals surface area contributed by atoms with Gasteiger partial charge in [-0.05, 0) is 61.4 Å². The van der Waals surface area contributed by atoms with Crippen LogP contribution in [0.5, 0.6) is 17.2 Å². The van der Waals surface area contributed by atoms with Crippen molar-refractivity contribution in [3.63, 3.8) is 0 Å². The Labute approximate surface area is 284 Å². The highest BCUT2D eigenvalue weighted by Crippen LogP contribution is 2.28. The molecule has 13 heteroatoms. The van der Waals surface area contributed by atoms with Crippen molar-refractivity contribution in [2.75, 3.05) is 0 Å². The summed E-state index contributed by atoms with van der Waals surface area (Å²) < 4.78 is 10.0. The summed E-state index contributed by atoms with van der Waals surface area (Å²) in [4.78, 5) is 48.3. The van der Waals surface area contributed by atoms with Gasteiger partial charge in [-0.25, -0.2) is 9.97 Å². The Morgan fingerprint density at radius 2 is 1.34 bits per heavy atom. The minimum absolute atomic E-state index is 0.0519. The van der Waals surface area contributed by atoms with E-state index in [1.54, 1.807) is 76.1 Å². The van der Waals surface area contributed by atoms with Crippen molar-refractivity contribution in [2.45, 2.75) is 39.4 Å². The van der Waals surface area contributed by atoms with Crippen LogP contribution in [0.25, 0.3) is 44.6 Å². The number of phenolic OH excluding ortho intramolecular Hbond substituents is 2. The second-order valence-electron chi connectivity index (χ2n) is 11.8. The average molecular weight is 670 g/mol. The minimum atomic E-state index is -0.444. The first kappa shape index (κ1) is 31.9. The predicted molar refractivity (Wildman–Crippen MR) is 186 cm³/mol. The van der Waals surface area contributed by atoms with Crippen molar-refractivity contribution >= 4 is 27.8 Å². The van der Waals surface area contributed by atoms with E-state index in [2.05, 4.69) is 15.3 Å². The van der Waals surface area contributed by atoms with Crippen molar-refractivity contribution in [2.24, 2.45) is 0 Å². The van der Waals surface area contributed by atoms with E-state index in [1.165, 1.54) is 29.7 Å². The van der Waals surface area contributed by atoms with Gasteiger partial charge in [-0.15, -0.1) is 5.10 Å². The SMILES string of the molecule is CC(=O)Oc1cccc(-c2nc3ccccc3c(=O)n2CCCCn2cc(Cn3c(-c4cc(O)cc(O)c4)nc4ccccc4c3=O)nn2)c1. The van der Waals surface area contributed by atoms with Crippen LogP contribution in [0, 0.1) is 0 Å². The van der Waals surface area contributed by atoms with E-state index in [-0.39, 0.29) is 35.0 Å². The van der Waals surface area contributed by atoms with Crippen molar-refractivity contribution in [3.05, 3.63) is 124 Å². The van der Waals surface area contributed by atoms with E-state index in [1.807, 2.05) is 12.1 Å². The van der Waals surface area contributed by atoms with Crippen LogP contribution in [0.3, 0.4) is 0 Å². The van der Waals surface area contributed by atoms with Crippen LogP contribution in [0.2, 0.25) is 0 Å². The summed E-state index contributed by atoms with van der Waals surface area (Å²) in [5.41, 5.74) is 2.11. The highest BCUT2D eigenvalue weighted by Gasteiger charge is 2.17. The molecule has 0 aliphatic heterocycles. The molecule has 0 aliphatic carbocycles. The molecule has 250 valence electrons. The number of unbranched alkanes of at least 4 members (excludes halogenated alkanes) is 1. The number of rotatable bonds is 10. The molecule has 50 heavy (non-hydrogen) atoms. The molecule has 0 amide bonds. The van der Waals surface area contributed by atoms with Crippen LogP contribution in [-0.4, -0.2) is 50.3 Å². The molecule has 0 bridgehead atoms. The Balaban J connectivity index is 1.11. The third kappa shape index (κ3) is 6.56. The van der Waals surface area contributed by atoms with Gasteiger partial charge in [-0.1, -0.05) is 41.6 Å². The lowest BCUT2D eigenvalue weighted by atomic mass is 10.1. The van der Waals surface area contributed by atoms with Gasteiger partial charge < -0.3 is 14.9 Å². The van der Waals surface area contributed by atoms with Crippen LogP contribution >= 0.6 is 0 Å². The Kier molecular flexibility index (Phi) is 8.61. The van der Waals surface area contributed by atoms with Gasteiger partial charge in [0.25, 0.3) is 11.1 Å². The zero-order chi connectivity index (χ0) is 34.8. The predicted octanol–water partition coefficient (Wildman–Crippen LogP) is 4.90. The van der Waals surface area contributed by atoms with Gasteiger partial charge in [0.2, 0.25) is 0 Å². The lowest BCUT2D eigenvalue weighted by Gasteiger charge is -2.14. The van der Waals surface area contributed by atoms with Crippen LogP contribution in [0.4, 0.5) is 0 Å². The van der Waals surface area contributed by atoms with E-state index in [4.69, 9.17) is 9.72 Å².